The summed E-state index contributed by atoms with van der Waals surface area (Å²) >= 11 is 1.59. The highest BCUT2D eigenvalue weighted by molar-refractivity contribution is 8.01. The van der Waals surface area contributed by atoms with Gasteiger partial charge in [-0.3, -0.25) is 9.89 Å². The van der Waals surface area contributed by atoms with Gasteiger partial charge in [-0.15, -0.1) is 11.8 Å². The van der Waals surface area contributed by atoms with Gasteiger partial charge in [-0.1, -0.05) is 30.3 Å². The molecule has 2 aromatic carbocycles. The van der Waals surface area contributed by atoms with Gasteiger partial charge in [-0.25, -0.2) is 4.39 Å². The predicted octanol–water partition coefficient (Wildman–Crippen LogP) is 4.60. The summed E-state index contributed by atoms with van der Waals surface area (Å²) in [6.45, 7) is 4.02. The molecule has 2 heterocycles. The summed E-state index contributed by atoms with van der Waals surface area (Å²) < 4.78 is 19.5. The minimum atomic E-state index is -0.275. The Labute approximate surface area is 166 Å². The van der Waals surface area contributed by atoms with E-state index in [9.17, 15) is 9.18 Å². The first-order valence-corrected chi connectivity index (χ1v) is 9.94. The van der Waals surface area contributed by atoms with Gasteiger partial charge in [0.2, 0.25) is 5.91 Å². The second-order valence-electron chi connectivity index (χ2n) is 6.71. The molecule has 1 aliphatic heterocycles. The Morgan fingerprint density at radius 2 is 1.93 bits per heavy atom. The third-order valence-electron chi connectivity index (χ3n) is 4.74. The van der Waals surface area contributed by atoms with Crippen molar-refractivity contribution >= 4 is 23.5 Å². The van der Waals surface area contributed by atoms with Gasteiger partial charge in [0, 0.05) is 16.8 Å². The Kier molecular flexibility index (Phi) is 5.09. The number of benzene rings is 2. The molecular formula is C21H20FN3O2S. The van der Waals surface area contributed by atoms with Crippen LogP contribution in [0.2, 0.25) is 0 Å². The van der Waals surface area contributed by atoms with Gasteiger partial charge in [0.1, 0.15) is 18.2 Å². The maximum absolute atomic E-state index is 13.7. The second-order valence-corrected chi connectivity index (χ2v) is 8.16. The monoisotopic (exact) mass is 397 g/mol. The number of aromatic amines is 1. The van der Waals surface area contributed by atoms with E-state index in [1.807, 2.05) is 38.1 Å². The van der Waals surface area contributed by atoms with E-state index < -0.39 is 0 Å². The molecule has 0 saturated carbocycles. The molecule has 0 radical (unpaired) electrons. The van der Waals surface area contributed by atoms with E-state index in [0.29, 0.717) is 17.1 Å². The number of hydrogen-bond acceptors (Lipinski definition) is 4. The fourth-order valence-corrected chi connectivity index (χ4v) is 4.50. The van der Waals surface area contributed by atoms with Crippen LogP contribution in [0.25, 0.3) is 0 Å². The molecule has 7 heteroatoms. The fraction of sp³-hybridized carbons (Fsp3) is 0.238. The smallest absolute Gasteiger partial charge is 0.238 e. The molecule has 4 rings (SSSR count). The number of ether oxygens (including phenoxy) is 1. The lowest BCUT2D eigenvalue weighted by atomic mass is 10.0. The largest absolute Gasteiger partial charge is 0.489 e. The van der Waals surface area contributed by atoms with Crippen molar-refractivity contribution in [2.75, 3.05) is 5.32 Å². The average Bonchev–Trinajstić information content (AvgIpc) is 2.99. The molecule has 1 aromatic heterocycles. The molecule has 144 valence electrons. The van der Waals surface area contributed by atoms with Gasteiger partial charge < -0.3 is 10.1 Å². The number of thioether (sulfide) groups is 1. The lowest BCUT2D eigenvalue weighted by molar-refractivity contribution is -0.115. The van der Waals surface area contributed by atoms with Crippen LogP contribution in [0, 0.1) is 12.7 Å². The first kappa shape index (κ1) is 18.6. The topological polar surface area (TPSA) is 67.0 Å². The number of aromatic nitrogens is 2. The van der Waals surface area contributed by atoms with E-state index in [1.165, 1.54) is 6.07 Å². The molecule has 2 N–H and O–H groups in total. The summed E-state index contributed by atoms with van der Waals surface area (Å²) in [5, 5.41) is 9.86. The van der Waals surface area contributed by atoms with Crippen LogP contribution < -0.4 is 10.1 Å². The Bertz CT molecular complexity index is 1000. The van der Waals surface area contributed by atoms with Crippen LogP contribution in [-0.2, 0) is 11.4 Å². The van der Waals surface area contributed by atoms with Crippen LogP contribution in [-0.4, -0.2) is 21.4 Å². The van der Waals surface area contributed by atoms with Crippen molar-refractivity contribution in [3.63, 3.8) is 0 Å². The molecule has 0 bridgehead atoms. The maximum atomic E-state index is 13.7. The van der Waals surface area contributed by atoms with Gasteiger partial charge in [-0.2, -0.15) is 5.10 Å². The number of carbonyl (C=O) groups excluding carboxylic acids is 1. The van der Waals surface area contributed by atoms with E-state index in [-0.39, 0.29) is 28.8 Å². The van der Waals surface area contributed by atoms with Crippen LogP contribution >= 0.6 is 11.8 Å². The Balaban J connectivity index is 1.55. The summed E-state index contributed by atoms with van der Waals surface area (Å²) in [5.41, 5.74) is 3.49. The van der Waals surface area contributed by atoms with Crippen LogP contribution in [0.1, 0.15) is 34.6 Å². The lowest BCUT2D eigenvalue weighted by Crippen LogP contribution is -2.21. The number of nitrogens with one attached hydrogen (secondary N) is 2. The first-order chi connectivity index (χ1) is 13.5. The van der Waals surface area contributed by atoms with Crippen molar-refractivity contribution in [3.8, 4) is 5.75 Å². The summed E-state index contributed by atoms with van der Waals surface area (Å²) in [6.07, 6.45) is 0. The van der Waals surface area contributed by atoms with Crippen LogP contribution in [0.15, 0.2) is 48.5 Å². The van der Waals surface area contributed by atoms with Crippen LogP contribution in [0.3, 0.4) is 0 Å². The molecule has 2 atom stereocenters. The maximum Gasteiger partial charge on any atom is 0.238 e. The number of anilines is 1. The van der Waals surface area contributed by atoms with E-state index >= 15 is 0 Å². The van der Waals surface area contributed by atoms with Gasteiger partial charge in [0.05, 0.1) is 10.5 Å². The number of H-pyrrole nitrogens is 1. The third-order valence-corrected chi connectivity index (χ3v) is 6.15. The van der Waals surface area contributed by atoms with Crippen molar-refractivity contribution in [1.82, 2.24) is 10.2 Å². The van der Waals surface area contributed by atoms with E-state index in [2.05, 4.69) is 15.5 Å². The molecule has 3 aromatic rings. The van der Waals surface area contributed by atoms with E-state index in [1.54, 1.807) is 30.0 Å². The average molecular weight is 397 g/mol. The number of halogens is 1. The molecule has 0 fully saturated rings. The number of aryl methyl sites for hydroxylation is 1. The van der Waals surface area contributed by atoms with E-state index in [4.69, 9.17) is 4.74 Å². The minimum absolute atomic E-state index is 0.0247. The van der Waals surface area contributed by atoms with Crippen LogP contribution in [0.5, 0.6) is 5.75 Å². The summed E-state index contributed by atoms with van der Waals surface area (Å²) in [4.78, 5) is 12.2. The van der Waals surface area contributed by atoms with Crippen molar-refractivity contribution in [2.24, 2.45) is 0 Å². The molecule has 0 spiro atoms. The number of amides is 1. The highest BCUT2D eigenvalue weighted by Gasteiger charge is 2.32. The number of carbonyl (C=O) groups is 1. The number of fused-ring (bicyclic) bond motifs is 1. The summed E-state index contributed by atoms with van der Waals surface area (Å²) in [5.74, 6) is 0.925. The highest BCUT2D eigenvalue weighted by Crippen LogP contribution is 2.44. The zero-order valence-electron chi connectivity index (χ0n) is 15.5. The van der Waals surface area contributed by atoms with Crippen molar-refractivity contribution < 1.29 is 13.9 Å². The van der Waals surface area contributed by atoms with Gasteiger partial charge in [0.25, 0.3) is 0 Å². The van der Waals surface area contributed by atoms with Gasteiger partial charge in [0.15, 0.2) is 5.82 Å². The van der Waals surface area contributed by atoms with Crippen molar-refractivity contribution in [2.45, 2.75) is 31.0 Å². The molecular weight excluding hydrogens is 377 g/mol. The molecule has 1 amide bonds. The van der Waals surface area contributed by atoms with Crippen molar-refractivity contribution in [1.29, 1.82) is 0 Å². The molecule has 1 aliphatic rings. The standard InChI is InChI=1S/C21H20FN3O2S/c1-12-18-19(28-13(2)21(26)23-20(18)25-24-12)14-7-9-16(10-8-14)27-11-15-5-3-4-6-17(15)22/h3-10,13,19H,11H2,1-2H3,(H2,23,24,25,26). The SMILES string of the molecule is Cc1[nH]nc2c1C(c1ccc(OCc3ccccc3F)cc1)SC(C)C(=O)N2. The molecule has 0 aliphatic carbocycles. The predicted molar refractivity (Wildman–Crippen MR) is 108 cm³/mol. The number of hydrogen-bond donors (Lipinski definition) is 2. The second kappa shape index (κ2) is 7.67. The quantitative estimate of drug-likeness (QED) is 0.675. The molecule has 2 unspecified atom stereocenters. The number of rotatable bonds is 4. The molecule has 5 nitrogen and oxygen atoms in total. The Morgan fingerprint density at radius 1 is 1.18 bits per heavy atom. The lowest BCUT2D eigenvalue weighted by Gasteiger charge is -2.18. The molecule has 0 saturated heterocycles. The third kappa shape index (κ3) is 3.62. The molecule has 28 heavy (non-hydrogen) atoms. The first-order valence-electron chi connectivity index (χ1n) is 9.00. The zero-order chi connectivity index (χ0) is 19.7. The zero-order valence-corrected chi connectivity index (χ0v) is 16.3. The Morgan fingerprint density at radius 3 is 2.68 bits per heavy atom. The van der Waals surface area contributed by atoms with Gasteiger partial charge in [-0.05, 0) is 37.6 Å². The fourth-order valence-electron chi connectivity index (χ4n) is 3.17. The van der Waals surface area contributed by atoms with Gasteiger partial charge >= 0.3 is 0 Å². The van der Waals surface area contributed by atoms with Crippen LogP contribution in [0.4, 0.5) is 10.2 Å². The minimum Gasteiger partial charge on any atom is -0.489 e. The summed E-state index contributed by atoms with van der Waals surface area (Å²) in [6, 6.07) is 14.3. The Hall–Kier alpha value is -2.80. The number of nitrogens with zero attached hydrogens (tertiary/aromatic N) is 1. The summed E-state index contributed by atoms with van der Waals surface area (Å²) in [7, 11) is 0. The normalized spacial score (nSPS) is 18.9. The highest BCUT2D eigenvalue weighted by atomic mass is 32.2. The van der Waals surface area contributed by atoms with E-state index in [0.717, 1.165) is 16.8 Å². The van der Waals surface area contributed by atoms with Crippen molar-refractivity contribution in [3.05, 3.63) is 76.7 Å².